The van der Waals surface area contributed by atoms with E-state index >= 15 is 0 Å². The highest BCUT2D eigenvalue weighted by molar-refractivity contribution is 7.11. The highest BCUT2D eigenvalue weighted by Crippen LogP contribution is 2.26. The van der Waals surface area contributed by atoms with Gasteiger partial charge in [0.05, 0.1) is 11.3 Å². The van der Waals surface area contributed by atoms with Crippen molar-refractivity contribution in [1.29, 1.82) is 0 Å². The number of amides is 2. The van der Waals surface area contributed by atoms with Gasteiger partial charge in [-0.15, -0.1) is 11.3 Å². The van der Waals surface area contributed by atoms with Crippen LogP contribution in [0.15, 0.2) is 60.1 Å². The Morgan fingerprint density at radius 2 is 1.76 bits per heavy atom. The average molecular weight is 466 g/mol. The zero-order valence-corrected chi connectivity index (χ0v) is 18.8. The van der Waals surface area contributed by atoms with Gasteiger partial charge in [-0.05, 0) is 30.3 Å². The molecule has 2 fully saturated rings. The van der Waals surface area contributed by atoms with Gasteiger partial charge in [0.15, 0.2) is 5.01 Å². The molecule has 2 amide bonds. The summed E-state index contributed by atoms with van der Waals surface area (Å²) in [7, 11) is 0. The summed E-state index contributed by atoms with van der Waals surface area (Å²) in [5.41, 5.74) is 1.83. The van der Waals surface area contributed by atoms with Crippen molar-refractivity contribution in [2.24, 2.45) is 0 Å². The largest absolute Gasteiger partial charge is 0.355 e. The van der Waals surface area contributed by atoms with E-state index in [0.29, 0.717) is 54.2 Å². The fourth-order valence-electron chi connectivity index (χ4n) is 4.28. The molecule has 0 aliphatic carbocycles. The summed E-state index contributed by atoms with van der Waals surface area (Å²) in [5, 5.41) is 5.51. The van der Waals surface area contributed by atoms with Gasteiger partial charge in [-0.3, -0.25) is 14.5 Å². The molecule has 7 nitrogen and oxygen atoms in total. The molecular weight excluding hydrogens is 441 g/mol. The first-order valence-electron chi connectivity index (χ1n) is 10.9. The van der Waals surface area contributed by atoms with E-state index < -0.39 is 0 Å². The number of carbonyl (C=O) groups excluding carboxylic acids is 2. The molecule has 1 N–H and O–H groups in total. The number of rotatable bonds is 5. The number of para-hydroxylation sites is 1. The van der Waals surface area contributed by atoms with Crippen LogP contribution >= 0.6 is 11.3 Å². The first kappa shape index (κ1) is 21.5. The van der Waals surface area contributed by atoms with E-state index in [1.807, 2.05) is 33.4 Å². The van der Waals surface area contributed by atoms with Gasteiger partial charge >= 0.3 is 0 Å². The van der Waals surface area contributed by atoms with E-state index in [0.717, 1.165) is 13.1 Å². The number of carbonyl (C=O) groups is 2. The van der Waals surface area contributed by atoms with Gasteiger partial charge in [0, 0.05) is 62.6 Å². The molecule has 33 heavy (non-hydrogen) atoms. The number of anilines is 2. The molecule has 2 aliphatic rings. The number of hydrogen-bond acceptors (Lipinski definition) is 6. The molecule has 9 heteroatoms. The summed E-state index contributed by atoms with van der Waals surface area (Å²) < 4.78 is 13.5. The molecule has 2 aromatic carbocycles. The zero-order chi connectivity index (χ0) is 22.8. The summed E-state index contributed by atoms with van der Waals surface area (Å²) in [4.78, 5) is 35.8. The second-order valence-electron chi connectivity index (χ2n) is 8.21. The average Bonchev–Trinajstić information content (AvgIpc) is 3.33. The zero-order valence-electron chi connectivity index (χ0n) is 18.0. The molecule has 0 spiro atoms. The molecule has 0 unspecified atom stereocenters. The van der Waals surface area contributed by atoms with Crippen molar-refractivity contribution in [3.05, 3.63) is 76.5 Å². The van der Waals surface area contributed by atoms with Crippen molar-refractivity contribution in [3.8, 4) is 0 Å². The van der Waals surface area contributed by atoms with Crippen molar-refractivity contribution < 1.29 is 14.0 Å². The van der Waals surface area contributed by atoms with E-state index in [1.54, 1.807) is 24.4 Å². The van der Waals surface area contributed by atoms with E-state index in [4.69, 9.17) is 0 Å². The molecule has 170 valence electrons. The lowest BCUT2D eigenvalue weighted by atomic mass is 10.0. The third kappa shape index (κ3) is 4.60. The van der Waals surface area contributed by atoms with Crippen LogP contribution in [0.25, 0.3) is 0 Å². The number of halogens is 1. The molecule has 0 atom stereocenters. The minimum atomic E-state index is -0.331. The van der Waals surface area contributed by atoms with E-state index in [9.17, 15) is 14.0 Å². The second kappa shape index (κ2) is 9.29. The molecular formula is C24H24FN5O2S. The fourth-order valence-corrected chi connectivity index (χ4v) is 4.88. The number of likely N-dealkylation sites (tertiary alicyclic amines) is 1. The predicted octanol–water partition coefficient (Wildman–Crippen LogP) is 3.31. The Morgan fingerprint density at radius 3 is 2.48 bits per heavy atom. The first-order valence-corrected chi connectivity index (χ1v) is 11.8. The third-order valence-electron chi connectivity index (χ3n) is 6.14. The smallest absolute Gasteiger partial charge is 0.282 e. The molecule has 0 bridgehead atoms. The van der Waals surface area contributed by atoms with Gasteiger partial charge in [0.1, 0.15) is 5.82 Å². The summed E-state index contributed by atoms with van der Waals surface area (Å²) in [6.07, 6.45) is 1.65. The minimum Gasteiger partial charge on any atom is -0.355 e. The maximum absolute atomic E-state index is 13.5. The van der Waals surface area contributed by atoms with Crippen LogP contribution in [0.5, 0.6) is 0 Å². The molecule has 3 aromatic rings. The minimum absolute atomic E-state index is 0.00234. The fraction of sp³-hybridized carbons (Fsp3) is 0.292. The van der Waals surface area contributed by atoms with Crippen LogP contribution in [-0.4, -0.2) is 76.8 Å². The number of hydrogen-bond donors (Lipinski definition) is 1. The summed E-state index contributed by atoms with van der Waals surface area (Å²) in [6.45, 7) is 4.25. The summed E-state index contributed by atoms with van der Waals surface area (Å²) in [5.74, 6) is -0.372. The normalized spacial score (nSPS) is 17.0. The number of nitrogens with one attached hydrogen (secondary N) is 1. The topological polar surface area (TPSA) is 68.8 Å². The molecule has 2 aliphatic heterocycles. The van der Waals surface area contributed by atoms with Crippen LogP contribution in [0.4, 0.5) is 15.8 Å². The van der Waals surface area contributed by atoms with Crippen LogP contribution in [0.1, 0.15) is 20.2 Å². The van der Waals surface area contributed by atoms with Gasteiger partial charge in [-0.25, -0.2) is 9.37 Å². The highest BCUT2D eigenvalue weighted by atomic mass is 32.1. The lowest BCUT2D eigenvalue weighted by Crippen LogP contribution is -2.64. The lowest BCUT2D eigenvalue weighted by Gasteiger charge is -2.48. The summed E-state index contributed by atoms with van der Waals surface area (Å²) >= 11 is 1.37. The quantitative estimate of drug-likeness (QED) is 0.626. The molecule has 5 rings (SSSR count). The van der Waals surface area contributed by atoms with E-state index in [1.165, 1.54) is 23.5 Å². The van der Waals surface area contributed by atoms with Crippen LogP contribution in [0, 0.1) is 5.82 Å². The standard InChI is InChI=1S/C24H24FN5O2S/c25-17-4-3-5-18(14-17)27-21-7-2-1-6-20(21)23(31)30-15-19(16-30)28-9-11-29(12-10-28)24(32)22-26-8-13-33-22/h1-8,13-14,19,27H,9-12,15-16H2. The van der Waals surface area contributed by atoms with Gasteiger partial charge in [0.2, 0.25) is 0 Å². The van der Waals surface area contributed by atoms with Crippen molar-refractivity contribution in [1.82, 2.24) is 19.7 Å². The van der Waals surface area contributed by atoms with Crippen molar-refractivity contribution in [2.75, 3.05) is 44.6 Å². The Labute approximate surface area is 195 Å². The number of aromatic nitrogens is 1. The number of thiazole rings is 1. The Hall–Kier alpha value is -3.30. The molecule has 3 heterocycles. The van der Waals surface area contributed by atoms with Gasteiger partial charge in [0.25, 0.3) is 11.8 Å². The number of nitrogens with zero attached hydrogens (tertiary/aromatic N) is 4. The SMILES string of the molecule is O=C(c1nccs1)N1CCN(C2CN(C(=O)c3ccccc3Nc3cccc(F)c3)C2)CC1. The van der Waals surface area contributed by atoms with Gasteiger partial charge < -0.3 is 15.1 Å². The van der Waals surface area contributed by atoms with Crippen molar-refractivity contribution >= 4 is 34.5 Å². The second-order valence-corrected chi connectivity index (χ2v) is 9.10. The van der Waals surface area contributed by atoms with Crippen molar-refractivity contribution in [3.63, 3.8) is 0 Å². The Kier molecular flexibility index (Phi) is 6.06. The van der Waals surface area contributed by atoms with Crippen LogP contribution in [-0.2, 0) is 0 Å². The highest BCUT2D eigenvalue weighted by Gasteiger charge is 2.37. The monoisotopic (exact) mass is 465 g/mol. The Bertz CT molecular complexity index is 1140. The Balaban J connectivity index is 1.16. The third-order valence-corrected chi connectivity index (χ3v) is 6.90. The van der Waals surface area contributed by atoms with Gasteiger partial charge in [-0.1, -0.05) is 18.2 Å². The molecule has 2 saturated heterocycles. The first-order chi connectivity index (χ1) is 16.1. The Morgan fingerprint density at radius 1 is 0.970 bits per heavy atom. The number of piperazine rings is 1. The number of benzene rings is 2. The van der Waals surface area contributed by atoms with Crippen LogP contribution in [0.2, 0.25) is 0 Å². The van der Waals surface area contributed by atoms with Gasteiger partial charge in [-0.2, -0.15) is 0 Å². The van der Waals surface area contributed by atoms with E-state index in [-0.39, 0.29) is 17.6 Å². The lowest BCUT2D eigenvalue weighted by molar-refractivity contribution is 0.00858. The molecule has 0 radical (unpaired) electrons. The molecule has 0 saturated carbocycles. The summed E-state index contributed by atoms with van der Waals surface area (Å²) in [6, 6.07) is 13.8. The maximum atomic E-state index is 13.5. The van der Waals surface area contributed by atoms with Crippen LogP contribution in [0.3, 0.4) is 0 Å². The maximum Gasteiger partial charge on any atom is 0.282 e. The van der Waals surface area contributed by atoms with E-state index in [2.05, 4.69) is 15.2 Å². The van der Waals surface area contributed by atoms with Crippen molar-refractivity contribution in [2.45, 2.75) is 6.04 Å². The predicted molar refractivity (Wildman–Crippen MR) is 125 cm³/mol. The van der Waals surface area contributed by atoms with Crippen LogP contribution < -0.4 is 5.32 Å². The molecule has 1 aromatic heterocycles.